The van der Waals surface area contributed by atoms with Gasteiger partial charge in [-0.25, -0.2) is 4.39 Å². The van der Waals surface area contributed by atoms with E-state index in [0.717, 1.165) is 0 Å². The molecule has 0 aliphatic carbocycles. The molecule has 0 radical (unpaired) electrons. The first-order chi connectivity index (χ1) is 12.4. The minimum atomic E-state index is -0.403. The maximum atomic E-state index is 13.1. The number of ether oxygens (including phenoxy) is 1. The van der Waals surface area contributed by atoms with Crippen LogP contribution in [-0.4, -0.2) is 29.9 Å². The lowest BCUT2D eigenvalue weighted by Crippen LogP contribution is -2.38. The van der Waals surface area contributed by atoms with Crippen molar-refractivity contribution in [1.29, 1.82) is 0 Å². The number of rotatable bonds is 5. The number of amides is 2. The summed E-state index contributed by atoms with van der Waals surface area (Å²) in [5.74, 6) is -0.489. The summed E-state index contributed by atoms with van der Waals surface area (Å²) in [5.41, 5.74) is 1.60. The Labute approximate surface area is 151 Å². The molecule has 2 aromatic rings. The second-order valence-electron chi connectivity index (χ2n) is 6.18. The summed E-state index contributed by atoms with van der Waals surface area (Å²) in [6.45, 7) is 3.56. The number of imide groups is 1. The van der Waals surface area contributed by atoms with E-state index in [1.54, 1.807) is 45.2 Å². The van der Waals surface area contributed by atoms with Crippen molar-refractivity contribution in [3.05, 3.63) is 65.6 Å². The predicted octanol–water partition coefficient (Wildman–Crippen LogP) is 3.43. The van der Waals surface area contributed by atoms with Gasteiger partial charge in [0.1, 0.15) is 17.3 Å². The summed E-state index contributed by atoms with van der Waals surface area (Å²) in [4.78, 5) is 26.9. The molecule has 3 rings (SSSR count). The number of halogens is 1. The smallest absolute Gasteiger partial charge is 0.278 e. The molecule has 0 atom stereocenters. The SMILES string of the molecule is COc1ccc(C2=C(Nc3ccc(F)cc3)C(=O)N(C(C)C)C2=O)cc1. The number of anilines is 1. The summed E-state index contributed by atoms with van der Waals surface area (Å²) in [6, 6.07) is 12.3. The largest absolute Gasteiger partial charge is 0.497 e. The maximum Gasteiger partial charge on any atom is 0.278 e. The van der Waals surface area contributed by atoms with Crippen LogP contribution in [0.3, 0.4) is 0 Å². The fourth-order valence-corrected chi connectivity index (χ4v) is 2.84. The predicted molar refractivity (Wildman–Crippen MR) is 96.9 cm³/mol. The molecule has 0 fully saturated rings. The number of carbonyl (C=O) groups is 2. The van der Waals surface area contributed by atoms with E-state index in [1.807, 2.05) is 0 Å². The van der Waals surface area contributed by atoms with Gasteiger partial charge in [-0.15, -0.1) is 0 Å². The van der Waals surface area contributed by atoms with Crippen LogP contribution in [0.25, 0.3) is 5.57 Å². The second-order valence-corrected chi connectivity index (χ2v) is 6.18. The highest BCUT2D eigenvalue weighted by Gasteiger charge is 2.40. The Kier molecular flexibility index (Phi) is 4.75. The topological polar surface area (TPSA) is 58.6 Å². The summed E-state index contributed by atoms with van der Waals surface area (Å²) in [7, 11) is 1.56. The average Bonchev–Trinajstić information content (AvgIpc) is 2.87. The molecule has 1 aliphatic heterocycles. The van der Waals surface area contributed by atoms with Crippen molar-refractivity contribution in [2.45, 2.75) is 19.9 Å². The molecule has 0 saturated carbocycles. The van der Waals surface area contributed by atoms with Crippen molar-refractivity contribution in [3.8, 4) is 5.75 Å². The summed E-state index contributed by atoms with van der Waals surface area (Å²) in [5, 5.41) is 2.98. The molecule has 0 bridgehead atoms. The fraction of sp³-hybridized carbons (Fsp3) is 0.200. The normalized spacial score (nSPS) is 14.4. The van der Waals surface area contributed by atoms with Crippen LogP contribution in [0.1, 0.15) is 19.4 Å². The van der Waals surface area contributed by atoms with Gasteiger partial charge in [-0.2, -0.15) is 0 Å². The lowest BCUT2D eigenvalue weighted by molar-refractivity contribution is -0.138. The van der Waals surface area contributed by atoms with E-state index >= 15 is 0 Å². The zero-order chi connectivity index (χ0) is 18.8. The van der Waals surface area contributed by atoms with Crippen molar-refractivity contribution in [1.82, 2.24) is 4.90 Å². The van der Waals surface area contributed by atoms with Crippen molar-refractivity contribution in [2.75, 3.05) is 12.4 Å². The van der Waals surface area contributed by atoms with Crippen LogP contribution >= 0.6 is 0 Å². The molecule has 1 heterocycles. The third-order valence-electron chi connectivity index (χ3n) is 4.12. The van der Waals surface area contributed by atoms with E-state index < -0.39 is 5.91 Å². The summed E-state index contributed by atoms with van der Waals surface area (Å²) < 4.78 is 18.3. The third kappa shape index (κ3) is 3.18. The van der Waals surface area contributed by atoms with Crippen molar-refractivity contribution >= 4 is 23.1 Å². The molecular weight excluding hydrogens is 335 g/mol. The molecule has 0 unspecified atom stereocenters. The van der Waals surface area contributed by atoms with Gasteiger partial charge in [-0.05, 0) is 55.8 Å². The lowest BCUT2D eigenvalue weighted by Gasteiger charge is -2.19. The minimum Gasteiger partial charge on any atom is -0.497 e. The summed E-state index contributed by atoms with van der Waals surface area (Å²) in [6.07, 6.45) is 0. The molecule has 26 heavy (non-hydrogen) atoms. The minimum absolute atomic E-state index is 0.181. The van der Waals surface area contributed by atoms with Crippen LogP contribution in [0.5, 0.6) is 5.75 Å². The Balaban J connectivity index is 2.07. The van der Waals surface area contributed by atoms with Crippen LogP contribution in [0.4, 0.5) is 10.1 Å². The Morgan fingerprint density at radius 3 is 2.12 bits per heavy atom. The van der Waals surface area contributed by atoms with Crippen LogP contribution < -0.4 is 10.1 Å². The summed E-state index contributed by atoms with van der Waals surface area (Å²) >= 11 is 0. The van der Waals surface area contributed by atoms with Crippen LogP contribution in [0.2, 0.25) is 0 Å². The van der Waals surface area contributed by atoms with Gasteiger partial charge >= 0.3 is 0 Å². The van der Waals surface area contributed by atoms with E-state index in [-0.39, 0.29) is 29.0 Å². The van der Waals surface area contributed by atoms with E-state index in [0.29, 0.717) is 17.0 Å². The van der Waals surface area contributed by atoms with Crippen LogP contribution in [0, 0.1) is 5.82 Å². The number of methoxy groups -OCH3 is 1. The number of nitrogens with zero attached hydrogens (tertiary/aromatic N) is 1. The zero-order valence-electron chi connectivity index (χ0n) is 14.7. The number of benzene rings is 2. The highest BCUT2D eigenvalue weighted by atomic mass is 19.1. The van der Waals surface area contributed by atoms with Gasteiger partial charge in [-0.1, -0.05) is 12.1 Å². The average molecular weight is 354 g/mol. The van der Waals surface area contributed by atoms with E-state index in [1.165, 1.54) is 29.2 Å². The van der Waals surface area contributed by atoms with Gasteiger partial charge in [0.05, 0.1) is 12.7 Å². The molecule has 134 valence electrons. The maximum absolute atomic E-state index is 13.1. The Morgan fingerprint density at radius 2 is 1.58 bits per heavy atom. The van der Waals surface area contributed by atoms with Gasteiger partial charge < -0.3 is 10.1 Å². The van der Waals surface area contributed by atoms with Crippen molar-refractivity contribution < 1.29 is 18.7 Å². The first-order valence-corrected chi connectivity index (χ1v) is 8.21. The molecule has 0 saturated heterocycles. The third-order valence-corrected chi connectivity index (χ3v) is 4.12. The second kappa shape index (κ2) is 7.00. The number of carbonyl (C=O) groups excluding carboxylic acids is 2. The molecule has 2 amide bonds. The van der Waals surface area contributed by atoms with Crippen molar-refractivity contribution in [3.63, 3.8) is 0 Å². The van der Waals surface area contributed by atoms with Gasteiger partial charge in [0.2, 0.25) is 0 Å². The highest BCUT2D eigenvalue weighted by Crippen LogP contribution is 2.32. The molecule has 1 N–H and O–H groups in total. The molecule has 0 aromatic heterocycles. The molecule has 1 aliphatic rings. The van der Waals surface area contributed by atoms with E-state index in [2.05, 4.69) is 5.32 Å². The number of hydrogen-bond donors (Lipinski definition) is 1. The Morgan fingerprint density at radius 1 is 0.962 bits per heavy atom. The first-order valence-electron chi connectivity index (χ1n) is 8.21. The molecule has 2 aromatic carbocycles. The molecular formula is C20H19FN2O3. The first kappa shape index (κ1) is 17.7. The highest BCUT2D eigenvalue weighted by molar-refractivity contribution is 6.36. The molecule has 0 spiro atoms. The Bertz CT molecular complexity index is 871. The van der Waals surface area contributed by atoms with Gasteiger partial charge in [-0.3, -0.25) is 14.5 Å². The van der Waals surface area contributed by atoms with Crippen LogP contribution in [0.15, 0.2) is 54.2 Å². The fourth-order valence-electron chi connectivity index (χ4n) is 2.84. The zero-order valence-corrected chi connectivity index (χ0v) is 14.7. The number of hydrogen-bond acceptors (Lipinski definition) is 4. The van der Waals surface area contributed by atoms with Gasteiger partial charge in [0, 0.05) is 11.7 Å². The molecule has 6 heteroatoms. The monoisotopic (exact) mass is 354 g/mol. The number of nitrogens with one attached hydrogen (secondary N) is 1. The van der Waals surface area contributed by atoms with E-state index in [9.17, 15) is 14.0 Å². The lowest BCUT2D eigenvalue weighted by atomic mass is 10.0. The van der Waals surface area contributed by atoms with E-state index in [4.69, 9.17) is 4.74 Å². The molecule has 5 nitrogen and oxygen atoms in total. The van der Waals surface area contributed by atoms with Crippen LogP contribution in [-0.2, 0) is 9.59 Å². The standard InChI is InChI=1S/C20H19FN2O3/c1-12(2)23-19(24)17(13-4-10-16(26-3)11-5-13)18(20(23)25)22-15-8-6-14(21)7-9-15/h4-12,22H,1-3H3. The van der Waals surface area contributed by atoms with Gasteiger partial charge in [0.25, 0.3) is 11.8 Å². The Hall–Kier alpha value is -3.15. The van der Waals surface area contributed by atoms with Crippen molar-refractivity contribution in [2.24, 2.45) is 0 Å². The quantitative estimate of drug-likeness (QED) is 0.836. The van der Waals surface area contributed by atoms with Gasteiger partial charge in [0.15, 0.2) is 0 Å².